The largest absolute Gasteiger partial charge is 0.461 e. The van der Waals surface area contributed by atoms with Crippen LogP contribution in [-0.4, -0.2) is 58.6 Å². The van der Waals surface area contributed by atoms with Crippen molar-refractivity contribution in [2.24, 2.45) is 5.92 Å². The molecule has 2 fully saturated rings. The van der Waals surface area contributed by atoms with Crippen molar-refractivity contribution in [3.63, 3.8) is 0 Å². The first-order valence-corrected chi connectivity index (χ1v) is 10.9. The highest BCUT2D eigenvalue weighted by Crippen LogP contribution is 2.24. The lowest BCUT2D eigenvalue weighted by molar-refractivity contribution is -0.161. The highest BCUT2D eigenvalue weighted by molar-refractivity contribution is 5.92. The van der Waals surface area contributed by atoms with Crippen molar-refractivity contribution < 1.29 is 24.2 Å². The van der Waals surface area contributed by atoms with Crippen LogP contribution in [0.5, 0.6) is 0 Å². The number of nitrogens with one attached hydrogen (secondary N) is 1. The molecule has 0 spiro atoms. The van der Waals surface area contributed by atoms with Crippen molar-refractivity contribution in [3.05, 3.63) is 35.9 Å². The van der Waals surface area contributed by atoms with Gasteiger partial charge in [-0.15, -0.1) is 0 Å². The zero-order valence-electron chi connectivity index (χ0n) is 17.8. The third-order valence-electron chi connectivity index (χ3n) is 6.09. The van der Waals surface area contributed by atoms with Gasteiger partial charge in [-0.25, -0.2) is 4.79 Å². The second-order valence-corrected chi connectivity index (χ2v) is 8.38. The van der Waals surface area contributed by atoms with E-state index in [1.807, 2.05) is 37.3 Å². The molecule has 1 aromatic rings. The summed E-state index contributed by atoms with van der Waals surface area (Å²) in [5, 5.41) is 13.4. The first kappa shape index (κ1) is 22.3. The summed E-state index contributed by atoms with van der Waals surface area (Å²) < 4.78 is 5.71. The zero-order chi connectivity index (χ0) is 21.7. The molecule has 0 saturated carbocycles. The van der Waals surface area contributed by atoms with Crippen molar-refractivity contribution in [3.8, 4) is 0 Å². The monoisotopic (exact) mass is 416 g/mol. The summed E-state index contributed by atoms with van der Waals surface area (Å²) in [4.78, 5) is 40.7. The Morgan fingerprint density at radius 3 is 2.63 bits per heavy atom. The normalized spacial score (nSPS) is 30.7. The Balaban J connectivity index is 1.89. The topological polar surface area (TPSA) is 95.9 Å². The first-order valence-electron chi connectivity index (χ1n) is 10.9. The third-order valence-corrected chi connectivity index (χ3v) is 6.09. The number of amides is 2. The van der Waals surface area contributed by atoms with Gasteiger partial charge in [-0.1, -0.05) is 50.6 Å². The molecule has 3 rings (SSSR count). The second-order valence-electron chi connectivity index (χ2n) is 8.38. The number of hydrogen-bond acceptors (Lipinski definition) is 5. The predicted molar refractivity (Wildman–Crippen MR) is 111 cm³/mol. The number of carbonyl (C=O) groups excluding carboxylic acids is 3. The molecule has 2 N–H and O–H groups in total. The molecule has 0 radical (unpaired) electrons. The molecule has 7 nitrogen and oxygen atoms in total. The van der Waals surface area contributed by atoms with Gasteiger partial charge in [0.2, 0.25) is 11.8 Å². The maximum atomic E-state index is 13.4. The number of fused-ring (bicyclic) bond motifs is 1. The minimum Gasteiger partial charge on any atom is -0.461 e. The second kappa shape index (κ2) is 10.1. The van der Waals surface area contributed by atoms with E-state index in [4.69, 9.17) is 4.74 Å². The molecule has 2 heterocycles. The summed E-state index contributed by atoms with van der Waals surface area (Å²) in [6.07, 6.45) is 1.77. The summed E-state index contributed by atoms with van der Waals surface area (Å²) >= 11 is 0. The maximum absolute atomic E-state index is 13.4. The Morgan fingerprint density at radius 1 is 1.20 bits per heavy atom. The Bertz CT molecular complexity index is 753. The molecule has 0 aliphatic carbocycles. The third kappa shape index (κ3) is 5.19. The van der Waals surface area contributed by atoms with Crippen molar-refractivity contribution in [2.45, 2.75) is 76.7 Å². The van der Waals surface area contributed by atoms with Gasteiger partial charge in [-0.05, 0) is 24.8 Å². The maximum Gasteiger partial charge on any atom is 0.329 e. The molecule has 2 amide bonds. The summed E-state index contributed by atoms with van der Waals surface area (Å²) in [6, 6.07) is 8.02. The number of benzene rings is 1. The van der Waals surface area contributed by atoms with E-state index in [1.54, 1.807) is 11.8 Å². The number of hydrogen-bond donors (Lipinski definition) is 2. The Hall–Kier alpha value is -2.41. The van der Waals surface area contributed by atoms with Gasteiger partial charge < -0.3 is 20.1 Å². The molecule has 5 atom stereocenters. The molecule has 2 saturated heterocycles. The van der Waals surface area contributed by atoms with Crippen LogP contribution in [0, 0.1) is 5.92 Å². The molecule has 164 valence electrons. The number of aliphatic hydroxyl groups excluding tert-OH is 1. The number of nitrogens with zero attached hydrogens (tertiary/aromatic N) is 1. The average Bonchev–Trinajstić information content (AvgIpc) is 3.22. The van der Waals surface area contributed by atoms with Gasteiger partial charge in [-0.2, -0.15) is 0 Å². The summed E-state index contributed by atoms with van der Waals surface area (Å²) in [7, 11) is 0. The van der Waals surface area contributed by atoms with Crippen LogP contribution in [0.3, 0.4) is 0 Å². The van der Waals surface area contributed by atoms with Gasteiger partial charge in [0.05, 0.1) is 12.0 Å². The number of cyclic esters (lactones) is 1. The van der Waals surface area contributed by atoms with Crippen LogP contribution in [0.4, 0.5) is 0 Å². The van der Waals surface area contributed by atoms with E-state index in [1.165, 1.54) is 0 Å². The van der Waals surface area contributed by atoms with Crippen molar-refractivity contribution in [1.29, 1.82) is 0 Å². The number of ether oxygens (including phenoxy) is 1. The number of carbonyl (C=O) groups is 3. The predicted octanol–water partition coefficient (Wildman–Crippen LogP) is 1.82. The lowest BCUT2D eigenvalue weighted by Crippen LogP contribution is -2.55. The highest BCUT2D eigenvalue weighted by Gasteiger charge is 2.41. The number of rotatable bonds is 4. The molecule has 7 heteroatoms. The molecule has 1 aromatic carbocycles. The van der Waals surface area contributed by atoms with E-state index in [0.717, 1.165) is 18.4 Å². The smallest absolute Gasteiger partial charge is 0.329 e. The quantitative estimate of drug-likeness (QED) is 0.730. The van der Waals surface area contributed by atoms with Crippen LogP contribution >= 0.6 is 0 Å². The number of aliphatic hydroxyl groups is 1. The fraction of sp³-hybridized carbons (Fsp3) is 0.609. The lowest BCUT2D eigenvalue weighted by Gasteiger charge is -2.32. The van der Waals surface area contributed by atoms with Crippen LogP contribution in [0.25, 0.3) is 0 Å². The molecule has 0 aromatic heterocycles. The minimum absolute atomic E-state index is 0.207. The molecule has 2 aliphatic heterocycles. The van der Waals surface area contributed by atoms with Gasteiger partial charge in [0, 0.05) is 19.4 Å². The fourth-order valence-corrected chi connectivity index (χ4v) is 4.27. The van der Waals surface area contributed by atoms with Gasteiger partial charge >= 0.3 is 5.97 Å². The molecule has 30 heavy (non-hydrogen) atoms. The zero-order valence-corrected chi connectivity index (χ0v) is 17.8. The molecular weight excluding hydrogens is 384 g/mol. The fourth-order valence-electron chi connectivity index (χ4n) is 4.27. The van der Waals surface area contributed by atoms with Gasteiger partial charge in [0.15, 0.2) is 0 Å². The van der Waals surface area contributed by atoms with Crippen molar-refractivity contribution in [1.82, 2.24) is 10.2 Å². The number of esters is 1. The Kier molecular flexibility index (Phi) is 7.48. The van der Waals surface area contributed by atoms with Crippen LogP contribution < -0.4 is 5.32 Å². The van der Waals surface area contributed by atoms with E-state index < -0.39 is 36.2 Å². The Morgan fingerprint density at radius 2 is 1.93 bits per heavy atom. The van der Waals surface area contributed by atoms with Gasteiger partial charge in [-0.3, -0.25) is 9.59 Å². The van der Waals surface area contributed by atoms with Crippen LogP contribution in [-0.2, 0) is 25.5 Å². The first-order chi connectivity index (χ1) is 14.4. The van der Waals surface area contributed by atoms with E-state index in [2.05, 4.69) is 5.32 Å². The van der Waals surface area contributed by atoms with Crippen LogP contribution in [0.15, 0.2) is 30.3 Å². The SMILES string of the molecule is CCCC1CC(O)C(C)C(=O)NC(Cc2ccccc2)C(=O)N2CCCC2C(=O)O1. The minimum atomic E-state index is -0.957. The Labute approximate surface area is 177 Å². The molecule has 5 unspecified atom stereocenters. The van der Waals surface area contributed by atoms with E-state index >= 15 is 0 Å². The van der Waals surface area contributed by atoms with E-state index in [-0.39, 0.29) is 18.2 Å². The average molecular weight is 417 g/mol. The standard InChI is InChI=1S/C23H32N2O5/c1-3-8-17-14-20(26)15(2)21(27)24-18(13-16-9-5-4-6-10-16)22(28)25-12-7-11-19(25)23(29)30-17/h4-6,9-10,15,17-20,26H,3,7-8,11-14H2,1-2H3,(H,24,27). The summed E-state index contributed by atoms with van der Waals surface area (Å²) in [5.41, 5.74) is 0.915. The van der Waals surface area contributed by atoms with Gasteiger partial charge in [0.1, 0.15) is 18.2 Å². The molecular formula is C23H32N2O5. The van der Waals surface area contributed by atoms with Crippen LogP contribution in [0.1, 0.15) is 51.5 Å². The lowest BCUT2D eigenvalue weighted by atomic mass is 9.95. The summed E-state index contributed by atoms with van der Waals surface area (Å²) in [6.45, 7) is 4.09. The summed E-state index contributed by atoms with van der Waals surface area (Å²) in [5.74, 6) is -1.77. The highest BCUT2D eigenvalue weighted by atomic mass is 16.5. The molecule has 0 bridgehead atoms. The van der Waals surface area contributed by atoms with Crippen LogP contribution in [0.2, 0.25) is 0 Å². The van der Waals surface area contributed by atoms with E-state index in [9.17, 15) is 19.5 Å². The molecule has 2 aliphatic rings. The van der Waals surface area contributed by atoms with E-state index in [0.29, 0.717) is 25.8 Å². The van der Waals surface area contributed by atoms with Gasteiger partial charge in [0.25, 0.3) is 0 Å². The van der Waals surface area contributed by atoms with Crippen molar-refractivity contribution in [2.75, 3.05) is 6.54 Å². The van der Waals surface area contributed by atoms with Crippen molar-refractivity contribution >= 4 is 17.8 Å².